The number of anilines is 1. The van der Waals surface area contributed by atoms with E-state index in [1.807, 2.05) is 24.3 Å². The highest BCUT2D eigenvalue weighted by Crippen LogP contribution is 2.32. The molecule has 1 aromatic heterocycles. The smallest absolute Gasteiger partial charge is 0.320 e. The standard InChI is InChI=1S/C18H23N3O3/c1-18(2,13-8-9-14(23-3)15(11-13)24-4)12-20-17(22)21-16-7-5-6-10-19-16/h5-11H,12H2,1-4H3,(H2,19,20,21,22). The summed E-state index contributed by atoms with van der Waals surface area (Å²) >= 11 is 0. The van der Waals surface area contributed by atoms with Crippen LogP contribution in [0, 0.1) is 0 Å². The molecule has 0 saturated heterocycles. The summed E-state index contributed by atoms with van der Waals surface area (Å²) in [5, 5.41) is 5.57. The van der Waals surface area contributed by atoms with Crippen molar-refractivity contribution >= 4 is 11.8 Å². The molecule has 0 aliphatic carbocycles. The number of aromatic nitrogens is 1. The number of carbonyl (C=O) groups excluding carboxylic acids is 1. The summed E-state index contributed by atoms with van der Waals surface area (Å²) in [4.78, 5) is 16.1. The van der Waals surface area contributed by atoms with Crippen molar-refractivity contribution in [3.63, 3.8) is 0 Å². The van der Waals surface area contributed by atoms with Crippen LogP contribution in [0.4, 0.5) is 10.6 Å². The maximum absolute atomic E-state index is 12.0. The van der Waals surface area contributed by atoms with Crippen LogP contribution in [0.5, 0.6) is 11.5 Å². The Morgan fingerprint density at radius 2 is 1.88 bits per heavy atom. The first-order valence-electron chi connectivity index (χ1n) is 7.64. The number of ether oxygens (including phenoxy) is 2. The Morgan fingerprint density at radius 3 is 2.50 bits per heavy atom. The zero-order valence-corrected chi connectivity index (χ0v) is 14.4. The van der Waals surface area contributed by atoms with Crippen LogP contribution in [0.2, 0.25) is 0 Å². The Hall–Kier alpha value is -2.76. The molecule has 2 aromatic rings. The summed E-state index contributed by atoms with van der Waals surface area (Å²) in [5.74, 6) is 1.86. The third kappa shape index (κ3) is 4.38. The minimum absolute atomic E-state index is 0.277. The van der Waals surface area contributed by atoms with Crippen molar-refractivity contribution in [2.24, 2.45) is 0 Å². The zero-order valence-electron chi connectivity index (χ0n) is 14.4. The van der Waals surface area contributed by atoms with Crippen LogP contribution >= 0.6 is 0 Å². The molecule has 0 saturated carbocycles. The lowest BCUT2D eigenvalue weighted by molar-refractivity contribution is 0.249. The second-order valence-corrected chi connectivity index (χ2v) is 5.98. The second-order valence-electron chi connectivity index (χ2n) is 5.98. The predicted molar refractivity (Wildman–Crippen MR) is 93.8 cm³/mol. The summed E-state index contributed by atoms with van der Waals surface area (Å²) < 4.78 is 10.6. The number of benzene rings is 1. The van der Waals surface area contributed by atoms with Gasteiger partial charge in [0.15, 0.2) is 11.5 Å². The highest BCUT2D eigenvalue weighted by atomic mass is 16.5. The van der Waals surface area contributed by atoms with Crippen molar-refractivity contribution in [2.45, 2.75) is 19.3 Å². The Morgan fingerprint density at radius 1 is 1.12 bits per heavy atom. The molecule has 6 nitrogen and oxygen atoms in total. The van der Waals surface area contributed by atoms with E-state index in [0.717, 1.165) is 5.56 Å². The molecule has 2 N–H and O–H groups in total. The molecule has 0 fully saturated rings. The lowest BCUT2D eigenvalue weighted by Crippen LogP contribution is -2.39. The fraction of sp³-hybridized carbons (Fsp3) is 0.333. The van der Waals surface area contributed by atoms with Gasteiger partial charge in [-0.15, -0.1) is 0 Å². The summed E-state index contributed by atoms with van der Waals surface area (Å²) in [6.45, 7) is 4.56. The van der Waals surface area contributed by atoms with Gasteiger partial charge in [-0.3, -0.25) is 5.32 Å². The van der Waals surface area contributed by atoms with Crippen molar-refractivity contribution < 1.29 is 14.3 Å². The van der Waals surface area contributed by atoms with Gasteiger partial charge in [0.2, 0.25) is 0 Å². The number of hydrogen-bond donors (Lipinski definition) is 2. The second kappa shape index (κ2) is 7.68. The van der Waals surface area contributed by atoms with E-state index in [-0.39, 0.29) is 11.4 Å². The first-order valence-corrected chi connectivity index (χ1v) is 7.64. The molecule has 128 valence electrons. The van der Waals surface area contributed by atoms with Gasteiger partial charge in [0.05, 0.1) is 14.2 Å². The van der Waals surface area contributed by atoms with Gasteiger partial charge in [0, 0.05) is 18.2 Å². The van der Waals surface area contributed by atoms with Gasteiger partial charge in [-0.2, -0.15) is 0 Å². The van der Waals surface area contributed by atoms with E-state index in [9.17, 15) is 4.79 Å². The fourth-order valence-corrected chi connectivity index (χ4v) is 2.26. The summed E-state index contributed by atoms with van der Waals surface area (Å²) in [7, 11) is 3.21. The highest BCUT2D eigenvalue weighted by molar-refractivity contribution is 5.88. The Kier molecular flexibility index (Phi) is 5.63. The molecule has 2 rings (SSSR count). The Balaban J connectivity index is 2.01. The largest absolute Gasteiger partial charge is 0.493 e. The van der Waals surface area contributed by atoms with E-state index in [2.05, 4.69) is 29.5 Å². The van der Waals surface area contributed by atoms with Gasteiger partial charge < -0.3 is 14.8 Å². The predicted octanol–water partition coefficient (Wildman–Crippen LogP) is 3.20. The van der Waals surface area contributed by atoms with Crippen LogP contribution in [-0.2, 0) is 5.41 Å². The van der Waals surface area contributed by atoms with Crippen molar-refractivity contribution in [1.82, 2.24) is 10.3 Å². The molecule has 2 amide bonds. The molecule has 0 aliphatic heterocycles. The van der Waals surface area contributed by atoms with E-state index in [1.165, 1.54) is 0 Å². The van der Waals surface area contributed by atoms with Crippen molar-refractivity contribution in [3.05, 3.63) is 48.2 Å². The van der Waals surface area contributed by atoms with Crippen LogP contribution in [0.15, 0.2) is 42.6 Å². The molecule has 0 bridgehead atoms. The van der Waals surface area contributed by atoms with Crippen molar-refractivity contribution in [2.75, 3.05) is 26.1 Å². The molecule has 1 aromatic carbocycles. The molecule has 0 atom stereocenters. The lowest BCUT2D eigenvalue weighted by Gasteiger charge is -2.26. The Labute approximate surface area is 142 Å². The zero-order chi connectivity index (χ0) is 17.6. The normalized spacial score (nSPS) is 10.8. The average molecular weight is 329 g/mol. The van der Waals surface area contributed by atoms with E-state index >= 15 is 0 Å². The SMILES string of the molecule is COc1ccc(C(C)(C)CNC(=O)Nc2ccccn2)cc1OC. The first-order chi connectivity index (χ1) is 11.5. The number of nitrogens with zero attached hydrogens (tertiary/aromatic N) is 1. The van der Waals surface area contributed by atoms with Crippen LogP contribution in [0.3, 0.4) is 0 Å². The maximum atomic E-state index is 12.0. The quantitative estimate of drug-likeness (QED) is 0.853. The van der Waals surface area contributed by atoms with E-state index in [1.54, 1.807) is 32.5 Å². The van der Waals surface area contributed by atoms with Gasteiger partial charge in [0.25, 0.3) is 0 Å². The number of amides is 2. The van der Waals surface area contributed by atoms with Crippen molar-refractivity contribution in [3.8, 4) is 11.5 Å². The maximum Gasteiger partial charge on any atom is 0.320 e. The van der Waals surface area contributed by atoms with Gasteiger partial charge in [-0.25, -0.2) is 9.78 Å². The Bertz CT molecular complexity index is 687. The molecule has 0 aliphatic rings. The molecular formula is C18H23N3O3. The lowest BCUT2D eigenvalue weighted by atomic mass is 9.84. The minimum atomic E-state index is -0.290. The van der Waals surface area contributed by atoms with Gasteiger partial charge in [0.1, 0.15) is 5.82 Å². The van der Waals surface area contributed by atoms with E-state index in [4.69, 9.17) is 9.47 Å². The molecule has 0 radical (unpaired) electrons. The van der Waals surface area contributed by atoms with Crippen molar-refractivity contribution in [1.29, 1.82) is 0 Å². The average Bonchev–Trinajstić information content (AvgIpc) is 2.60. The van der Waals surface area contributed by atoms with Gasteiger partial charge >= 0.3 is 6.03 Å². The number of methoxy groups -OCH3 is 2. The summed E-state index contributed by atoms with van der Waals surface area (Å²) in [6.07, 6.45) is 1.63. The fourth-order valence-electron chi connectivity index (χ4n) is 2.26. The molecular weight excluding hydrogens is 306 g/mol. The number of nitrogens with one attached hydrogen (secondary N) is 2. The van der Waals surface area contributed by atoms with Crippen LogP contribution < -0.4 is 20.1 Å². The number of urea groups is 1. The topological polar surface area (TPSA) is 72.5 Å². The molecule has 24 heavy (non-hydrogen) atoms. The summed E-state index contributed by atoms with van der Waals surface area (Å²) in [6, 6.07) is 10.8. The molecule has 0 spiro atoms. The monoisotopic (exact) mass is 329 g/mol. The first kappa shape index (κ1) is 17.6. The minimum Gasteiger partial charge on any atom is -0.493 e. The number of pyridine rings is 1. The number of rotatable bonds is 6. The van der Waals surface area contributed by atoms with Crippen LogP contribution in [0.1, 0.15) is 19.4 Å². The number of carbonyl (C=O) groups is 1. The third-order valence-corrected chi connectivity index (χ3v) is 3.76. The van der Waals surface area contributed by atoms with Crippen LogP contribution in [-0.4, -0.2) is 31.8 Å². The number of hydrogen-bond acceptors (Lipinski definition) is 4. The van der Waals surface area contributed by atoms with E-state index < -0.39 is 0 Å². The highest BCUT2D eigenvalue weighted by Gasteiger charge is 2.23. The van der Waals surface area contributed by atoms with E-state index in [0.29, 0.717) is 23.9 Å². The van der Waals surface area contributed by atoms with Gasteiger partial charge in [-0.05, 0) is 29.8 Å². The molecule has 1 heterocycles. The van der Waals surface area contributed by atoms with Crippen LogP contribution in [0.25, 0.3) is 0 Å². The third-order valence-electron chi connectivity index (χ3n) is 3.76. The molecule has 0 unspecified atom stereocenters. The molecule has 6 heteroatoms. The van der Waals surface area contributed by atoms with Gasteiger partial charge in [-0.1, -0.05) is 26.0 Å². The summed E-state index contributed by atoms with van der Waals surface area (Å²) in [5.41, 5.74) is 0.763.